The first-order valence-corrected chi connectivity index (χ1v) is 5.37. The Hall–Kier alpha value is -0.930. The molecule has 0 amide bonds. The Balaban J connectivity index is 2.66. The summed E-state index contributed by atoms with van der Waals surface area (Å²) in [5, 5.41) is 0.809. The van der Waals surface area contributed by atoms with E-state index in [9.17, 15) is 0 Å². The molecule has 0 atom stereocenters. The van der Waals surface area contributed by atoms with Gasteiger partial charge in [0.15, 0.2) is 0 Å². The summed E-state index contributed by atoms with van der Waals surface area (Å²) in [7, 11) is 0. The van der Waals surface area contributed by atoms with Crippen molar-refractivity contribution in [3.05, 3.63) is 34.3 Å². The largest absolute Gasteiger partial charge is 0.0979 e. The van der Waals surface area contributed by atoms with Crippen LogP contribution in [0, 0.1) is 18.8 Å². The molecule has 0 spiro atoms. The Morgan fingerprint density at radius 3 is 2.79 bits per heavy atom. The molecule has 1 aromatic carbocycles. The Morgan fingerprint density at radius 1 is 1.36 bits per heavy atom. The van der Waals surface area contributed by atoms with E-state index in [2.05, 4.69) is 18.8 Å². The van der Waals surface area contributed by atoms with E-state index in [1.165, 1.54) is 12.8 Å². The minimum Gasteiger partial charge on any atom is -0.0979 e. The quantitative estimate of drug-likeness (QED) is 0.503. The van der Waals surface area contributed by atoms with Gasteiger partial charge in [-0.25, -0.2) is 0 Å². The van der Waals surface area contributed by atoms with Gasteiger partial charge in [0.1, 0.15) is 0 Å². The van der Waals surface area contributed by atoms with Crippen LogP contribution in [0.4, 0.5) is 0 Å². The van der Waals surface area contributed by atoms with E-state index in [1.807, 2.05) is 25.1 Å². The van der Waals surface area contributed by atoms with Crippen LogP contribution in [0.1, 0.15) is 37.3 Å². The number of unbranched alkanes of at least 4 members (excludes halogenated alkanes) is 2. The van der Waals surface area contributed by atoms with Crippen molar-refractivity contribution in [1.82, 2.24) is 0 Å². The van der Waals surface area contributed by atoms with E-state index < -0.39 is 0 Å². The molecule has 0 aliphatic carbocycles. The number of rotatable bonds is 2. The van der Waals surface area contributed by atoms with Crippen LogP contribution >= 0.6 is 11.6 Å². The second-order valence-corrected chi connectivity index (χ2v) is 3.78. The third kappa shape index (κ3) is 3.44. The molecule has 0 bridgehead atoms. The van der Waals surface area contributed by atoms with E-state index in [0.29, 0.717) is 0 Å². The van der Waals surface area contributed by atoms with E-state index in [-0.39, 0.29) is 0 Å². The molecule has 1 aromatic rings. The lowest BCUT2D eigenvalue weighted by Gasteiger charge is -1.96. The maximum atomic E-state index is 5.92. The third-order valence-electron chi connectivity index (χ3n) is 2.05. The Labute approximate surface area is 91.3 Å². The predicted octanol–water partition coefficient (Wildman–Crippen LogP) is 4.19. The smallest absolute Gasteiger partial charge is 0.0436 e. The summed E-state index contributed by atoms with van der Waals surface area (Å²) in [6, 6.07) is 5.90. The summed E-state index contributed by atoms with van der Waals surface area (Å²) in [5.74, 6) is 6.30. The molecule has 74 valence electrons. The van der Waals surface area contributed by atoms with Gasteiger partial charge in [-0.15, -0.1) is 0 Å². The van der Waals surface area contributed by atoms with Crippen LogP contribution in [-0.4, -0.2) is 0 Å². The Morgan fingerprint density at radius 2 is 2.14 bits per heavy atom. The molecule has 0 saturated carbocycles. The van der Waals surface area contributed by atoms with E-state index in [4.69, 9.17) is 11.6 Å². The van der Waals surface area contributed by atoms with Crippen LogP contribution in [-0.2, 0) is 0 Å². The molecule has 0 saturated heterocycles. The zero-order valence-electron chi connectivity index (χ0n) is 8.73. The van der Waals surface area contributed by atoms with Gasteiger partial charge < -0.3 is 0 Å². The molecule has 1 rings (SSSR count). The highest BCUT2D eigenvalue weighted by Crippen LogP contribution is 2.15. The number of hydrogen-bond donors (Lipinski definition) is 0. The molecule has 0 radical (unpaired) electrons. The predicted molar refractivity (Wildman–Crippen MR) is 62.6 cm³/mol. The Bertz CT molecular complexity index is 355. The van der Waals surface area contributed by atoms with Crippen LogP contribution in [0.3, 0.4) is 0 Å². The molecule has 1 heteroatoms. The number of halogens is 1. The van der Waals surface area contributed by atoms with Crippen molar-refractivity contribution in [2.75, 3.05) is 0 Å². The molecule has 0 aromatic heterocycles. The van der Waals surface area contributed by atoms with E-state index >= 15 is 0 Å². The minimum absolute atomic E-state index is 0.809. The minimum atomic E-state index is 0.809. The lowest BCUT2D eigenvalue weighted by molar-refractivity contribution is 0.828. The summed E-state index contributed by atoms with van der Waals surface area (Å²) < 4.78 is 0. The highest BCUT2D eigenvalue weighted by atomic mass is 35.5. The molecule has 0 heterocycles. The second kappa shape index (κ2) is 5.73. The average molecular weight is 207 g/mol. The van der Waals surface area contributed by atoms with Gasteiger partial charge in [-0.3, -0.25) is 0 Å². The van der Waals surface area contributed by atoms with Crippen molar-refractivity contribution in [3.8, 4) is 11.8 Å². The van der Waals surface area contributed by atoms with Crippen molar-refractivity contribution in [2.45, 2.75) is 33.1 Å². The number of benzene rings is 1. The number of hydrogen-bond acceptors (Lipinski definition) is 0. The summed E-state index contributed by atoms with van der Waals surface area (Å²) in [5.41, 5.74) is 2.15. The van der Waals surface area contributed by atoms with Gasteiger partial charge in [-0.05, 0) is 37.1 Å². The summed E-state index contributed by atoms with van der Waals surface area (Å²) in [4.78, 5) is 0. The maximum absolute atomic E-state index is 5.92. The summed E-state index contributed by atoms with van der Waals surface area (Å²) >= 11 is 5.92. The third-order valence-corrected chi connectivity index (χ3v) is 2.47. The van der Waals surface area contributed by atoms with Crippen molar-refractivity contribution in [1.29, 1.82) is 0 Å². The highest BCUT2D eigenvalue weighted by Gasteiger charge is 1.93. The van der Waals surface area contributed by atoms with Gasteiger partial charge in [0.25, 0.3) is 0 Å². The molecule has 0 fully saturated rings. The normalized spacial score (nSPS) is 9.36. The van der Waals surface area contributed by atoms with Crippen molar-refractivity contribution >= 4 is 11.6 Å². The van der Waals surface area contributed by atoms with Crippen molar-refractivity contribution < 1.29 is 0 Å². The average Bonchev–Trinajstić information content (AvgIpc) is 2.18. The lowest BCUT2D eigenvalue weighted by atomic mass is 10.1. The fourth-order valence-corrected chi connectivity index (χ4v) is 1.27. The van der Waals surface area contributed by atoms with E-state index in [1.54, 1.807) is 0 Å². The topological polar surface area (TPSA) is 0 Å². The summed E-state index contributed by atoms with van der Waals surface area (Å²) in [6.45, 7) is 4.17. The number of aryl methyl sites for hydroxylation is 1. The molecule has 0 N–H and O–H groups in total. The van der Waals surface area contributed by atoms with Crippen LogP contribution in [0.25, 0.3) is 0 Å². The highest BCUT2D eigenvalue weighted by molar-refractivity contribution is 6.31. The van der Waals surface area contributed by atoms with Gasteiger partial charge in [-0.1, -0.05) is 36.8 Å². The summed E-state index contributed by atoms with van der Waals surface area (Å²) in [6.07, 6.45) is 3.37. The van der Waals surface area contributed by atoms with Gasteiger partial charge >= 0.3 is 0 Å². The van der Waals surface area contributed by atoms with Gasteiger partial charge in [0.2, 0.25) is 0 Å². The fraction of sp³-hybridized carbons (Fsp3) is 0.385. The van der Waals surface area contributed by atoms with Gasteiger partial charge in [0.05, 0.1) is 0 Å². The van der Waals surface area contributed by atoms with Crippen LogP contribution in [0.2, 0.25) is 5.02 Å². The second-order valence-electron chi connectivity index (χ2n) is 3.37. The lowest BCUT2D eigenvalue weighted by Crippen LogP contribution is -1.78. The fourth-order valence-electron chi connectivity index (χ4n) is 1.15. The first kappa shape index (κ1) is 11.1. The monoisotopic (exact) mass is 206 g/mol. The Kier molecular flexibility index (Phi) is 4.56. The maximum Gasteiger partial charge on any atom is 0.0436 e. The standard InChI is InChI=1S/C13H15Cl/c1-3-4-5-6-7-12-8-9-13(14)11(2)10-12/h8-10H,3-5H2,1-2H3. The van der Waals surface area contributed by atoms with Crippen LogP contribution < -0.4 is 0 Å². The molecule has 14 heavy (non-hydrogen) atoms. The molecule has 0 nitrogen and oxygen atoms in total. The molecular formula is C13H15Cl. The molecule has 0 unspecified atom stereocenters. The first-order valence-electron chi connectivity index (χ1n) is 4.99. The zero-order chi connectivity index (χ0) is 10.4. The van der Waals surface area contributed by atoms with E-state index in [0.717, 1.165) is 22.6 Å². The van der Waals surface area contributed by atoms with Gasteiger partial charge in [0, 0.05) is 17.0 Å². The van der Waals surface area contributed by atoms with Crippen LogP contribution in [0.15, 0.2) is 18.2 Å². The van der Waals surface area contributed by atoms with Crippen molar-refractivity contribution in [3.63, 3.8) is 0 Å². The van der Waals surface area contributed by atoms with Gasteiger partial charge in [-0.2, -0.15) is 0 Å². The SMILES string of the molecule is CCCCC#Cc1ccc(Cl)c(C)c1. The first-order chi connectivity index (χ1) is 6.74. The zero-order valence-corrected chi connectivity index (χ0v) is 9.49. The molecular weight excluding hydrogens is 192 g/mol. The molecule has 0 aliphatic rings. The van der Waals surface area contributed by atoms with Crippen LogP contribution in [0.5, 0.6) is 0 Å². The molecule has 0 aliphatic heterocycles. The van der Waals surface area contributed by atoms with Crippen molar-refractivity contribution in [2.24, 2.45) is 0 Å².